The van der Waals surface area contributed by atoms with Gasteiger partial charge in [0.2, 0.25) is 0 Å². The van der Waals surface area contributed by atoms with E-state index < -0.39 is 0 Å². The monoisotopic (exact) mass is 220 g/mol. The Morgan fingerprint density at radius 1 is 1.20 bits per heavy atom. The van der Waals surface area contributed by atoms with Crippen LogP contribution in [-0.4, -0.2) is 11.8 Å². The highest BCUT2D eigenvalue weighted by Gasteiger charge is 2.38. The third-order valence-corrected chi connectivity index (χ3v) is 6.23. The van der Waals surface area contributed by atoms with Gasteiger partial charge in [-0.05, 0) is 55.4 Å². The van der Waals surface area contributed by atoms with Gasteiger partial charge in [0.1, 0.15) is 0 Å². The normalized spacial score (nSPS) is 24.3. The fraction of sp³-hybridized carbons (Fsp3) is 0.571. The Balaban J connectivity index is 2.23. The minimum Gasteiger partial charge on any atom is -0.0706 e. The molecule has 0 bridgehead atoms. The Bertz CT molecular complexity index is 345. The highest BCUT2D eigenvalue weighted by atomic mass is 31.1. The second-order valence-corrected chi connectivity index (χ2v) is 7.32. The lowest BCUT2D eigenvalue weighted by atomic mass is 10.1. The zero-order valence-corrected chi connectivity index (χ0v) is 11.2. The quantitative estimate of drug-likeness (QED) is 0.678. The van der Waals surface area contributed by atoms with E-state index in [4.69, 9.17) is 0 Å². The number of benzene rings is 1. The standard InChI is InChI=1S/C14H21P/c1-5-6-13-9-15(13)14-11(3)7-10(2)8-12(14)4/h7-8,13H,5-6,9H2,1-4H3/t13-,15?/m0/s1. The summed E-state index contributed by atoms with van der Waals surface area (Å²) in [5, 5.41) is 1.72. The maximum atomic E-state index is 2.35. The molecule has 1 aromatic carbocycles. The molecule has 1 unspecified atom stereocenters. The van der Waals surface area contributed by atoms with Crippen LogP contribution in [0.25, 0.3) is 0 Å². The van der Waals surface area contributed by atoms with E-state index in [9.17, 15) is 0 Å². The number of hydrogen-bond acceptors (Lipinski definition) is 0. The Morgan fingerprint density at radius 2 is 1.80 bits per heavy atom. The van der Waals surface area contributed by atoms with Crippen LogP contribution >= 0.6 is 7.92 Å². The summed E-state index contributed by atoms with van der Waals surface area (Å²) in [6.45, 7) is 9.09. The molecule has 1 heteroatoms. The lowest BCUT2D eigenvalue weighted by molar-refractivity contribution is 0.829. The van der Waals surface area contributed by atoms with Crippen LogP contribution in [0.5, 0.6) is 0 Å². The summed E-state index contributed by atoms with van der Waals surface area (Å²) in [6.07, 6.45) is 4.29. The van der Waals surface area contributed by atoms with Crippen molar-refractivity contribution in [3.63, 3.8) is 0 Å². The summed E-state index contributed by atoms with van der Waals surface area (Å²) in [4.78, 5) is 0. The van der Waals surface area contributed by atoms with Crippen molar-refractivity contribution < 1.29 is 0 Å². The molecule has 0 amide bonds. The molecule has 0 aliphatic carbocycles. The molecule has 1 fully saturated rings. The smallest absolute Gasteiger partial charge is 0.0126 e. The molecule has 0 aromatic heterocycles. The molecular weight excluding hydrogens is 199 g/mol. The van der Waals surface area contributed by atoms with Crippen LogP contribution in [0.3, 0.4) is 0 Å². The zero-order valence-electron chi connectivity index (χ0n) is 10.3. The zero-order chi connectivity index (χ0) is 11.0. The van der Waals surface area contributed by atoms with Gasteiger partial charge in [0.05, 0.1) is 0 Å². The van der Waals surface area contributed by atoms with Crippen molar-refractivity contribution >= 4 is 13.2 Å². The first-order chi connectivity index (χ1) is 7.13. The topological polar surface area (TPSA) is 0 Å². The molecule has 15 heavy (non-hydrogen) atoms. The van der Waals surface area contributed by atoms with Gasteiger partial charge in [0, 0.05) is 0 Å². The van der Waals surface area contributed by atoms with E-state index in [1.54, 1.807) is 5.30 Å². The fourth-order valence-corrected chi connectivity index (χ4v) is 5.60. The summed E-state index contributed by atoms with van der Waals surface area (Å²) >= 11 is 0. The van der Waals surface area contributed by atoms with Gasteiger partial charge < -0.3 is 0 Å². The molecule has 82 valence electrons. The molecule has 1 aromatic rings. The molecule has 2 rings (SSSR count). The van der Waals surface area contributed by atoms with Gasteiger partial charge in [0.25, 0.3) is 0 Å². The van der Waals surface area contributed by atoms with Crippen LogP contribution in [0.4, 0.5) is 0 Å². The van der Waals surface area contributed by atoms with Crippen LogP contribution in [0, 0.1) is 20.8 Å². The van der Waals surface area contributed by atoms with Crippen molar-refractivity contribution in [2.24, 2.45) is 0 Å². The number of hydrogen-bond donors (Lipinski definition) is 0. The largest absolute Gasteiger partial charge is 0.0706 e. The van der Waals surface area contributed by atoms with E-state index in [2.05, 4.69) is 39.8 Å². The van der Waals surface area contributed by atoms with Crippen LogP contribution in [0.1, 0.15) is 36.5 Å². The maximum absolute atomic E-state index is 2.35. The van der Waals surface area contributed by atoms with Gasteiger partial charge in [-0.2, -0.15) is 0 Å². The molecule has 0 spiro atoms. The van der Waals surface area contributed by atoms with Crippen molar-refractivity contribution in [2.75, 3.05) is 6.16 Å². The second kappa shape index (κ2) is 4.26. The first kappa shape index (κ1) is 11.1. The van der Waals surface area contributed by atoms with Gasteiger partial charge in [-0.3, -0.25) is 0 Å². The van der Waals surface area contributed by atoms with E-state index in [-0.39, 0.29) is 7.92 Å². The lowest BCUT2D eigenvalue weighted by Gasteiger charge is -2.11. The van der Waals surface area contributed by atoms with Crippen LogP contribution in [0.2, 0.25) is 0 Å². The van der Waals surface area contributed by atoms with Gasteiger partial charge in [0.15, 0.2) is 0 Å². The Kier molecular flexibility index (Phi) is 3.16. The molecule has 0 nitrogen and oxygen atoms in total. The number of rotatable bonds is 3. The molecule has 2 atom stereocenters. The maximum Gasteiger partial charge on any atom is -0.0126 e. The van der Waals surface area contributed by atoms with Crippen molar-refractivity contribution in [3.05, 3.63) is 28.8 Å². The SMILES string of the molecule is CCC[C@H]1CP1c1c(C)cc(C)cc1C. The minimum atomic E-state index is 0.231. The molecule has 1 aliphatic heterocycles. The van der Waals surface area contributed by atoms with E-state index in [1.807, 2.05) is 0 Å². The van der Waals surface area contributed by atoms with Gasteiger partial charge >= 0.3 is 0 Å². The average molecular weight is 220 g/mol. The lowest BCUT2D eigenvalue weighted by Crippen LogP contribution is -2.06. The summed E-state index contributed by atoms with van der Waals surface area (Å²) in [5.74, 6) is 0. The van der Waals surface area contributed by atoms with Crippen molar-refractivity contribution in [2.45, 2.75) is 46.2 Å². The highest BCUT2D eigenvalue weighted by Crippen LogP contribution is 2.60. The molecule has 0 radical (unpaired) electrons. The Morgan fingerprint density at radius 3 is 2.33 bits per heavy atom. The Hall–Kier alpha value is -0.350. The predicted molar refractivity (Wildman–Crippen MR) is 70.8 cm³/mol. The first-order valence-electron chi connectivity index (χ1n) is 5.98. The molecule has 0 N–H and O–H groups in total. The molecular formula is C14H21P. The third kappa shape index (κ3) is 2.26. The van der Waals surface area contributed by atoms with E-state index in [0.29, 0.717) is 0 Å². The molecule has 1 heterocycles. The second-order valence-electron chi connectivity index (χ2n) is 4.84. The molecule has 0 saturated carbocycles. The van der Waals surface area contributed by atoms with Crippen molar-refractivity contribution in [3.8, 4) is 0 Å². The van der Waals surface area contributed by atoms with Crippen LogP contribution < -0.4 is 5.30 Å². The summed E-state index contributed by atoms with van der Waals surface area (Å²) in [5.41, 5.74) is 5.54. The summed E-state index contributed by atoms with van der Waals surface area (Å²) in [7, 11) is 0.231. The predicted octanol–water partition coefficient (Wildman–Crippen LogP) is 3.90. The van der Waals surface area contributed by atoms with Gasteiger partial charge in [-0.25, -0.2) is 0 Å². The van der Waals surface area contributed by atoms with Crippen LogP contribution in [0.15, 0.2) is 12.1 Å². The summed E-state index contributed by atoms with van der Waals surface area (Å²) in [6, 6.07) is 4.71. The molecule has 1 aliphatic rings. The van der Waals surface area contributed by atoms with Crippen molar-refractivity contribution in [1.29, 1.82) is 0 Å². The summed E-state index contributed by atoms with van der Waals surface area (Å²) < 4.78 is 0. The van der Waals surface area contributed by atoms with E-state index in [1.165, 1.54) is 35.7 Å². The Labute approximate surface area is 94.8 Å². The van der Waals surface area contributed by atoms with Gasteiger partial charge in [-0.1, -0.05) is 39.0 Å². The fourth-order valence-electron chi connectivity index (χ4n) is 2.66. The van der Waals surface area contributed by atoms with Crippen molar-refractivity contribution in [1.82, 2.24) is 0 Å². The van der Waals surface area contributed by atoms with Crippen LogP contribution in [-0.2, 0) is 0 Å². The van der Waals surface area contributed by atoms with E-state index in [0.717, 1.165) is 5.66 Å². The third-order valence-electron chi connectivity index (χ3n) is 3.26. The highest BCUT2D eigenvalue weighted by molar-refractivity contribution is 7.73. The number of aryl methyl sites for hydroxylation is 3. The van der Waals surface area contributed by atoms with Gasteiger partial charge in [-0.15, -0.1) is 0 Å². The molecule has 1 saturated heterocycles. The van der Waals surface area contributed by atoms with E-state index >= 15 is 0 Å². The average Bonchev–Trinajstić information content (AvgIpc) is 2.82. The first-order valence-corrected chi connectivity index (χ1v) is 7.57. The minimum absolute atomic E-state index is 0.231.